The molecule has 1 heterocycles. The van der Waals surface area contributed by atoms with Gasteiger partial charge in [0.15, 0.2) is 0 Å². The van der Waals surface area contributed by atoms with Crippen LogP contribution in [-0.4, -0.2) is 5.11 Å². The maximum Gasteiger partial charge on any atom is 0.112 e. The summed E-state index contributed by atoms with van der Waals surface area (Å²) in [5.41, 5.74) is 2.07. The predicted molar refractivity (Wildman–Crippen MR) is 88.5 cm³/mol. The van der Waals surface area contributed by atoms with Gasteiger partial charge in [-0.3, -0.25) is 0 Å². The smallest absolute Gasteiger partial charge is 0.112 e. The number of hydrogen-bond donors (Lipinski definition) is 2. The third-order valence-corrected chi connectivity index (χ3v) is 4.35. The molecule has 0 radical (unpaired) electrons. The van der Waals surface area contributed by atoms with Crippen LogP contribution in [0, 0.1) is 0 Å². The number of para-hydroxylation sites is 1. The molecule has 2 nitrogen and oxygen atoms in total. The number of thiophene rings is 1. The standard InChI is InChI=1S/C18H17NOS/c20-18(16-12-7-13-21-16)17(14-8-3-1-4-9-14)19-15-10-5-2-6-11-15/h1-13,17-20H. The van der Waals surface area contributed by atoms with Crippen molar-refractivity contribution in [1.82, 2.24) is 0 Å². The molecule has 3 heteroatoms. The molecule has 0 amide bonds. The largest absolute Gasteiger partial charge is 0.385 e. The molecule has 0 aliphatic heterocycles. The molecule has 0 aliphatic rings. The molecule has 0 saturated carbocycles. The number of nitrogens with one attached hydrogen (secondary N) is 1. The minimum absolute atomic E-state index is 0.174. The minimum atomic E-state index is -0.576. The molecule has 0 spiro atoms. The second-order valence-corrected chi connectivity index (χ2v) is 5.84. The molecule has 0 fully saturated rings. The van der Waals surface area contributed by atoms with Crippen molar-refractivity contribution in [2.24, 2.45) is 0 Å². The first-order valence-corrected chi connectivity index (χ1v) is 7.80. The van der Waals surface area contributed by atoms with Crippen molar-refractivity contribution in [1.29, 1.82) is 0 Å². The Labute approximate surface area is 128 Å². The van der Waals surface area contributed by atoms with E-state index < -0.39 is 6.10 Å². The van der Waals surface area contributed by atoms with E-state index in [0.29, 0.717) is 0 Å². The molecule has 21 heavy (non-hydrogen) atoms. The summed E-state index contributed by atoms with van der Waals surface area (Å²) < 4.78 is 0. The third-order valence-electron chi connectivity index (χ3n) is 3.41. The monoisotopic (exact) mass is 295 g/mol. The van der Waals surface area contributed by atoms with Gasteiger partial charge in [0.2, 0.25) is 0 Å². The molecule has 2 aromatic carbocycles. The first-order chi connectivity index (χ1) is 10.3. The third kappa shape index (κ3) is 3.32. The highest BCUT2D eigenvalue weighted by Gasteiger charge is 2.23. The molecule has 1 aromatic heterocycles. The number of benzene rings is 2. The van der Waals surface area contributed by atoms with Crippen molar-refractivity contribution in [2.45, 2.75) is 12.1 Å². The van der Waals surface area contributed by atoms with E-state index in [1.165, 1.54) is 0 Å². The topological polar surface area (TPSA) is 32.3 Å². The Kier molecular flexibility index (Phi) is 4.34. The fourth-order valence-electron chi connectivity index (χ4n) is 2.34. The van der Waals surface area contributed by atoms with Crippen LogP contribution in [0.1, 0.15) is 22.6 Å². The van der Waals surface area contributed by atoms with Gasteiger partial charge < -0.3 is 10.4 Å². The van der Waals surface area contributed by atoms with Crippen molar-refractivity contribution in [2.75, 3.05) is 5.32 Å². The zero-order valence-electron chi connectivity index (χ0n) is 11.5. The Morgan fingerprint density at radius 3 is 2.10 bits per heavy atom. The van der Waals surface area contributed by atoms with E-state index in [1.807, 2.05) is 78.2 Å². The Balaban J connectivity index is 1.91. The second kappa shape index (κ2) is 6.57. The van der Waals surface area contributed by atoms with E-state index in [4.69, 9.17) is 0 Å². The first-order valence-electron chi connectivity index (χ1n) is 6.92. The van der Waals surface area contributed by atoms with Crippen molar-refractivity contribution in [3.63, 3.8) is 0 Å². The van der Waals surface area contributed by atoms with Gasteiger partial charge >= 0.3 is 0 Å². The minimum Gasteiger partial charge on any atom is -0.385 e. The number of anilines is 1. The Morgan fingerprint density at radius 1 is 0.810 bits per heavy atom. The predicted octanol–water partition coefficient (Wildman–Crippen LogP) is 4.63. The summed E-state index contributed by atoms with van der Waals surface area (Å²) in [5.74, 6) is 0. The van der Waals surface area contributed by atoms with Crippen LogP contribution >= 0.6 is 11.3 Å². The first kappa shape index (κ1) is 13.9. The quantitative estimate of drug-likeness (QED) is 0.719. The van der Waals surface area contributed by atoms with Gasteiger partial charge in [-0.15, -0.1) is 11.3 Å². The zero-order valence-corrected chi connectivity index (χ0v) is 12.3. The summed E-state index contributed by atoms with van der Waals surface area (Å²) in [5, 5.41) is 16.2. The number of aliphatic hydroxyl groups excluding tert-OH is 1. The Bertz CT molecular complexity index is 652. The highest BCUT2D eigenvalue weighted by atomic mass is 32.1. The molecule has 3 rings (SSSR count). The van der Waals surface area contributed by atoms with Gasteiger partial charge in [0.05, 0.1) is 6.04 Å². The maximum absolute atomic E-state index is 10.7. The van der Waals surface area contributed by atoms with Gasteiger partial charge in [0.1, 0.15) is 6.10 Å². The van der Waals surface area contributed by atoms with Gasteiger partial charge in [0.25, 0.3) is 0 Å². The zero-order chi connectivity index (χ0) is 14.5. The average molecular weight is 295 g/mol. The molecule has 2 N–H and O–H groups in total. The highest BCUT2D eigenvalue weighted by Crippen LogP contribution is 2.34. The molecule has 106 valence electrons. The lowest BCUT2D eigenvalue weighted by atomic mass is 10.00. The molecular weight excluding hydrogens is 278 g/mol. The van der Waals surface area contributed by atoms with Crippen LogP contribution in [-0.2, 0) is 0 Å². The summed E-state index contributed by atoms with van der Waals surface area (Å²) in [6.45, 7) is 0. The van der Waals surface area contributed by atoms with Crippen molar-refractivity contribution < 1.29 is 5.11 Å². The summed E-state index contributed by atoms with van der Waals surface area (Å²) >= 11 is 1.57. The van der Waals surface area contributed by atoms with Gasteiger partial charge in [-0.25, -0.2) is 0 Å². The van der Waals surface area contributed by atoms with Gasteiger partial charge in [-0.2, -0.15) is 0 Å². The number of hydrogen-bond acceptors (Lipinski definition) is 3. The molecule has 2 unspecified atom stereocenters. The lowest BCUT2D eigenvalue weighted by Crippen LogP contribution is -2.18. The highest BCUT2D eigenvalue weighted by molar-refractivity contribution is 7.10. The van der Waals surface area contributed by atoms with E-state index in [1.54, 1.807) is 11.3 Å². The normalized spacial score (nSPS) is 13.6. The van der Waals surface area contributed by atoms with Crippen molar-refractivity contribution in [3.05, 3.63) is 88.6 Å². The lowest BCUT2D eigenvalue weighted by Gasteiger charge is -2.25. The van der Waals surface area contributed by atoms with E-state index in [-0.39, 0.29) is 6.04 Å². The number of aliphatic hydroxyl groups is 1. The van der Waals surface area contributed by atoms with Crippen molar-refractivity contribution >= 4 is 17.0 Å². The van der Waals surface area contributed by atoms with Crippen molar-refractivity contribution in [3.8, 4) is 0 Å². The lowest BCUT2D eigenvalue weighted by molar-refractivity contribution is 0.158. The molecular formula is C18H17NOS. The SMILES string of the molecule is OC(c1cccs1)C(Nc1ccccc1)c1ccccc1. The van der Waals surface area contributed by atoms with Crippen LogP contribution in [0.15, 0.2) is 78.2 Å². The fourth-order valence-corrected chi connectivity index (χ4v) is 3.09. The summed E-state index contributed by atoms with van der Waals surface area (Å²) in [7, 11) is 0. The van der Waals surface area contributed by atoms with Crippen LogP contribution in [0.4, 0.5) is 5.69 Å². The summed E-state index contributed by atoms with van der Waals surface area (Å²) in [6.07, 6.45) is -0.576. The number of rotatable bonds is 5. The van der Waals surface area contributed by atoms with Crippen LogP contribution in [0.25, 0.3) is 0 Å². The van der Waals surface area contributed by atoms with Gasteiger partial charge in [-0.05, 0) is 29.1 Å². The second-order valence-electron chi connectivity index (χ2n) is 4.86. The molecule has 2 atom stereocenters. The molecule has 3 aromatic rings. The van der Waals surface area contributed by atoms with Crippen LogP contribution in [0.2, 0.25) is 0 Å². The van der Waals surface area contributed by atoms with Crippen LogP contribution in [0.5, 0.6) is 0 Å². The van der Waals surface area contributed by atoms with E-state index in [2.05, 4.69) is 5.32 Å². The molecule has 0 bridgehead atoms. The summed E-state index contributed by atoms with van der Waals surface area (Å²) in [4.78, 5) is 0.965. The van der Waals surface area contributed by atoms with E-state index >= 15 is 0 Å². The maximum atomic E-state index is 10.7. The van der Waals surface area contributed by atoms with E-state index in [9.17, 15) is 5.11 Å². The molecule has 0 saturated heterocycles. The average Bonchev–Trinajstić information content (AvgIpc) is 3.08. The van der Waals surface area contributed by atoms with Crippen LogP contribution in [0.3, 0.4) is 0 Å². The van der Waals surface area contributed by atoms with E-state index in [0.717, 1.165) is 16.1 Å². The van der Waals surface area contributed by atoms with Gasteiger partial charge in [0, 0.05) is 10.6 Å². The van der Waals surface area contributed by atoms with Gasteiger partial charge in [-0.1, -0.05) is 54.6 Å². The van der Waals surface area contributed by atoms with Crippen LogP contribution < -0.4 is 5.32 Å². The summed E-state index contributed by atoms with van der Waals surface area (Å²) in [6, 6.07) is 23.8. The fraction of sp³-hybridized carbons (Fsp3) is 0.111. The Hall–Kier alpha value is -2.10. The Morgan fingerprint density at radius 2 is 1.48 bits per heavy atom. The molecule has 0 aliphatic carbocycles.